The Balaban J connectivity index is 1.36. The number of pyridine rings is 1. The molecule has 6 heteroatoms. The van der Waals surface area contributed by atoms with Crippen molar-refractivity contribution in [2.24, 2.45) is 0 Å². The second-order valence-corrected chi connectivity index (χ2v) is 7.06. The van der Waals surface area contributed by atoms with E-state index in [1.807, 2.05) is 52.7 Å². The summed E-state index contributed by atoms with van der Waals surface area (Å²) >= 11 is 1.51. The van der Waals surface area contributed by atoms with Crippen molar-refractivity contribution >= 4 is 17.2 Å². The second-order valence-electron chi connectivity index (χ2n) is 6.20. The highest BCUT2D eigenvalue weighted by Gasteiger charge is 2.26. The maximum atomic E-state index is 12.7. The van der Waals surface area contributed by atoms with Gasteiger partial charge in [0.1, 0.15) is 22.6 Å². The normalized spacial score (nSPS) is 15.0. The number of piperidine rings is 1. The van der Waals surface area contributed by atoms with Crippen LogP contribution in [0.5, 0.6) is 5.75 Å². The summed E-state index contributed by atoms with van der Waals surface area (Å²) < 4.78 is 5.94. The molecule has 1 saturated heterocycles. The van der Waals surface area contributed by atoms with Gasteiger partial charge in [0.2, 0.25) is 0 Å². The lowest BCUT2D eigenvalue weighted by atomic mass is 10.1. The first-order valence-corrected chi connectivity index (χ1v) is 9.54. The van der Waals surface area contributed by atoms with Gasteiger partial charge in [0.15, 0.2) is 0 Å². The van der Waals surface area contributed by atoms with Crippen LogP contribution in [0.1, 0.15) is 23.3 Å². The third-order valence-electron chi connectivity index (χ3n) is 4.41. The zero-order valence-corrected chi connectivity index (χ0v) is 15.1. The van der Waals surface area contributed by atoms with Gasteiger partial charge in [-0.3, -0.25) is 9.78 Å². The standard InChI is InChI=1S/C20H19N3O2S/c24-20(18-14-26-19(22-18)15-5-2-1-3-6-15)23-11-8-16(9-12-23)25-17-7-4-10-21-13-17/h1-7,10,13-14,16H,8-9,11-12H2. The summed E-state index contributed by atoms with van der Waals surface area (Å²) in [4.78, 5) is 23.2. The molecule has 1 amide bonds. The minimum absolute atomic E-state index is 0.00302. The van der Waals surface area contributed by atoms with E-state index in [-0.39, 0.29) is 12.0 Å². The molecule has 26 heavy (non-hydrogen) atoms. The van der Waals surface area contributed by atoms with Crippen molar-refractivity contribution in [3.63, 3.8) is 0 Å². The summed E-state index contributed by atoms with van der Waals surface area (Å²) in [6.07, 6.45) is 5.20. The molecule has 0 radical (unpaired) electrons. The summed E-state index contributed by atoms with van der Waals surface area (Å²) in [5, 5.41) is 2.73. The summed E-state index contributed by atoms with van der Waals surface area (Å²) in [7, 11) is 0. The van der Waals surface area contributed by atoms with Crippen molar-refractivity contribution < 1.29 is 9.53 Å². The van der Waals surface area contributed by atoms with E-state index < -0.39 is 0 Å². The Bertz CT molecular complexity index is 859. The van der Waals surface area contributed by atoms with Gasteiger partial charge in [-0.1, -0.05) is 30.3 Å². The van der Waals surface area contributed by atoms with Crippen LogP contribution in [-0.2, 0) is 0 Å². The third-order valence-corrected chi connectivity index (χ3v) is 5.30. The monoisotopic (exact) mass is 365 g/mol. The van der Waals surface area contributed by atoms with Gasteiger partial charge >= 0.3 is 0 Å². The van der Waals surface area contributed by atoms with E-state index in [1.54, 1.807) is 12.4 Å². The van der Waals surface area contributed by atoms with Crippen molar-refractivity contribution in [1.29, 1.82) is 0 Å². The molecule has 4 rings (SSSR count). The molecule has 0 aliphatic carbocycles. The molecule has 2 aromatic heterocycles. The smallest absolute Gasteiger partial charge is 0.273 e. The highest BCUT2D eigenvalue weighted by molar-refractivity contribution is 7.13. The maximum Gasteiger partial charge on any atom is 0.273 e. The van der Waals surface area contributed by atoms with Gasteiger partial charge in [0.25, 0.3) is 5.91 Å². The molecule has 0 atom stereocenters. The molecule has 1 aliphatic rings. The lowest BCUT2D eigenvalue weighted by molar-refractivity contribution is 0.0590. The minimum Gasteiger partial charge on any atom is -0.489 e. The van der Waals surface area contributed by atoms with E-state index in [0.29, 0.717) is 18.8 Å². The number of likely N-dealkylation sites (tertiary alicyclic amines) is 1. The lowest BCUT2D eigenvalue weighted by Crippen LogP contribution is -2.41. The van der Waals surface area contributed by atoms with Gasteiger partial charge in [0.05, 0.1) is 6.20 Å². The summed E-state index contributed by atoms with van der Waals surface area (Å²) in [5.74, 6) is 0.785. The number of carbonyl (C=O) groups excluding carboxylic acids is 1. The Morgan fingerprint density at radius 3 is 2.65 bits per heavy atom. The Morgan fingerprint density at radius 1 is 1.12 bits per heavy atom. The molecule has 0 N–H and O–H groups in total. The fourth-order valence-corrected chi connectivity index (χ4v) is 3.83. The molecule has 1 aliphatic heterocycles. The van der Waals surface area contributed by atoms with Crippen LogP contribution < -0.4 is 4.74 Å². The third kappa shape index (κ3) is 3.75. The molecule has 132 valence electrons. The topological polar surface area (TPSA) is 55.3 Å². The zero-order chi connectivity index (χ0) is 17.8. The molecule has 0 bridgehead atoms. The molecule has 3 heterocycles. The van der Waals surface area contributed by atoms with Crippen LogP contribution in [0.25, 0.3) is 10.6 Å². The van der Waals surface area contributed by atoms with E-state index in [0.717, 1.165) is 29.2 Å². The van der Waals surface area contributed by atoms with Crippen molar-refractivity contribution in [3.8, 4) is 16.3 Å². The van der Waals surface area contributed by atoms with Crippen molar-refractivity contribution in [2.75, 3.05) is 13.1 Å². The van der Waals surface area contributed by atoms with E-state index in [1.165, 1.54) is 11.3 Å². The Hall–Kier alpha value is -2.73. The first-order chi connectivity index (χ1) is 12.8. The number of ether oxygens (including phenoxy) is 1. The van der Waals surface area contributed by atoms with Crippen LogP contribution in [0, 0.1) is 0 Å². The van der Waals surface area contributed by atoms with Crippen LogP contribution in [0.4, 0.5) is 0 Å². The Kier molecular flexibility index (Phi) is 4.93. The fraction of sp³-hybridized carbons (Fsp3) is 0.250. The van der Waals surface area contributed by atoms with E-state index in [4.69, 9.17) is 4.74 Å². The van der Waals surface area contributed by atoms with Gasteiger partial charge in [0, 0.05) is 43.1 Å². The number of carbonyl (C=O) groups is 1. The van der Waals surface area contributed by atoms with Crippen LogP contribution in [0.15, 0.2) is 60.2 Å². The first kappa shape index (κ1) is 16.7. The van der Waals surface area contributed by atoms with E-state index in [9.17, 15) is 4.79 Å². The van der Waals surface area contributed by atoms with Crippen molar-refractivity contribution in [2.45, 2.75) is 18.9 Å². The maximum absolute atomic E-state index is 12.7. The Labute approximate surface area is 156 Å². The Morgan fingerprint density at radius 2 is 1.92 bits per heavy atom. The van der Waals surface area contributed by atoms with E-state index in [2.05, 4.69) is 9.97 Å². The average molecular weight is 365 g/mol. The highest BCUT2D eigenvalue weighted by Crippen LogP contribution is 2.25. The molecule has 5 nitrogen and oxygen atoms in total. The van der Waals surface area contributed by atoms with Gasteiger partial charge in [-0.05, 0) is 12.1 Å². The molecule has 0 saturated carbocycles. The number of amides is 1. The number of hydrogen-bond acceptors (Lipinski definition) is 5. The molecule has 0 spiro atoms. The molecule has 3 aromatic rings. The summed E-state index contributed by atoms with van der Waals surface area (Å²) in [6.45, 7) is 1.36. The van der Waals surface area contributed by atoms with Crippen molar-refractivity contribution in [1.82, 2.24) is 14.9 Å². The lowest BCUT2D eigenvalue weighted by Gasteiger charge is -2.31. The molecular formula is C20H19N3O2S. The van der Waals surface area contributed by atoms with Crippen LogP contribution >= 0.6 is 11.3 Å². The zero-order valence-electron chi connectivity index (χ0n) is 14.2. The first-order valence-electron chi connectivity index (χ1n) is 8.66. The SMILES string of the molecule is O=C(c1csc(-c2ccccc2)n1)N1CCC(Oc2cccnc2)CC1. The highest BCUT2D eigenvalue weighted by atomic mass is 32.1. The second kappa shape index (κ2) is 7.66. The van der Waals surface area contributed by atoms with Gasteiger partial charge in [-0.25, -0.2) is 4.98 Å². The minimum atomic E-state index is 0.00302. The van der Waals surface area contributed by atoms with Crippen LogP contribution in [-0.4, -0.2) is 40.0 Å². The molecule has 0 unspecified atom stereocenters. The largest absolute Gasteiger partial charge is 0.489 e. The van der Waals surface area contributed by atoms with Gasteiger partial charge < -0.3 is 9.64 Å². The number of nitrogens with zero attached hydrogens (tertiary/aromatic N) is 3. The van der Waals surface area contributed by atoms with Gasteiger partial charge in [-0.15, -0.1) is 11.3 Å². The van der Waals surface area contributed by atoms with Crippen LogP contribution in [0.3, 0.4) is 0 Å². The molecule has 1 fully saturated rings. The quantitative estimate of drug-likeness (QED) is 0.704. The summed E-state index contributed by atoms with van der Waals surface area (Å²) in [5.41, 5.74) is 1.57. The predicted octanol–water partition coefficient (Wildman–Crippen LogP) is 3.89. The number of hydrogen-bond donors (Lipinski definition) is 0. The number of benzene rings is 1. The average Bonchev–Trinajstić information content (AvgIpc) is 3.20. The van der Waals surface area contributed by atoms with E-state index >= 15 is 0 Å². The number of aromatic nitrogens is 2. The number of rotatable bonds is 4. The van der Waals surface area contributed by atoms with Crippen molar-refractivity contribution in [3.05, 3.63) is 65.9 Å². The van der Waals surface area contributed by atoms with Gasteiger partial charge in [-0.2, -0.15) is 0 Å². The molecular weight excluding hydrogens is 346 g/mol. The van der Waals surface area contributed by atoms with Crippen LogP contribution in [0.2, 0.25) is 0 Å². The number of thiazole rings is 1. The fourth-order valence-electron chi connectivity index (χ4n) is 3.03. The summed E-state index contributed by atoms with van der Waals surface area (Å²) in [6, 6.07) is 13.7. The predicted molar refractivity (Wildman–Crippen MR) is 101 cm³/mol. The molecule has 1 aromatic carbocycles.